The van der Waals surface area contributed by atoms with E-state index < -0.39 is 7.75 Å². The molecule has 31 heavy (non-hydrogen) atoms. The zero-order chi connectivity index (χ0) is 21.8. The molecule has 0 fully saturated rings. The lowest BCUT2D eigenvalue weighted by Crippen LogP contribution is -2.10. The van der Waals surface area contributed by atoms with E-state index in [1.54, 1.807) is 24.7 Å². The van der Waals surface area contributed by atoms with Gasteiger partial charge in [0.25, 0.3) is 0 Å². The van der Waals surface area contributed by atoms with Crippen LogP contribution in [-0.4, -0.2) is 33.7 Å². The first-order valence-electron chi connectivity index (χ1n) is 9.63. The molecule has 2 aromatic heterocycles. The molecule has 0 radical (unpaired) electrons. The second-order valence-electron chi connectivity index (χ2n) is 6.81. The summed E-state index contributed by atoms with van der Waals surface area (Å²) in [4.78, 5) is 13.4. The van der Waals surface area contributed by atoms with Gasteiger partial charge in [-0.25, -0.2) is 14.5 Å². The molecule has 10 heteroatoms. The van der Waals surface area contributed by atoms with Crippen LogP contribution in [0.15, 0.2) is 67.1 Å². The van der Waals surface area contributed by atoms with Gasteiger partial charge in [-0.2, -0.15) is 4.98 Å². The van der Waals surface area contributed by atoms with E-state index in [2.05, 4.69) is 44.4 Å². The van der Waals surface area contributed by atoms with Crippen molar-refractivity contribution in [1.82, 2.24) is 19.5 Å². The maximum atomic E-state index is 12.3. The van der Waals surface area contributed by atoms with E-state index in [1.165, 1.54) is 14.2 Å². The molecule has 0 aliphatic rings. The first-order valence-corrected chi connectivity index (χ1v) is 11.2. The van der Waals surface area contributed by atoms with Crippen molar-refractivity contribution in [3.8, 4) is 5.82 Å². The molecule has 0 aliphatic heterocycles. The summed E-state index contributed by atoms with van der Waals surface area (Å²) in [6, 6.07) is 17.4. The van der Waals surface area contributed by atoms with Crippen molar-refractivity contribution in [2.45, 2.75) is 13.0 Å². The van der Waals surface area contributed by atoms with Gasteiger partial charge in [-0.3, -0.25) is 18.7 Å². The molecule has 9 nitrogen and oxygen atoms in total. The lowest BCUT2D eigenvalue weighted by molar-refractivity contribution is 0.281. The van der Waals surface area contributed by atoms with E-state index in [4.69, 9.17) is 9.05 Å². The first-order chi connectivity index (χ1) is 15.0. The summed E-state index contributed by atoms with van der Waals surface area (Å²) in [6.45, 7) is 2.06. The van der Waals surface area contributed by atoms with Crippen molar-refractivity contribution >= 4 is 30.4 Å². The van der Waals surface area contributed by atoms with Crippen molar-refractivity contribution in [3.05, 3.63) is 72.7 Å². The molecule has 0 aliphatic carbocycles. The molecule has 0 saturated heterocycles. The van der Waals surface area contributed by atoms with Crippen molar-refractivity contribution in [2.24, 2.45) is 0 Å². The topological polar surface area (TPSA) is 103 Å². The number of hydrogen-bond acceptors (Lipinski definition) is 7. The average Bonchev–Trinajstić information content (AvgIpc) is 3.23. The highest BCUT2D eigenvalue weighted by molar-refractivity contribution is 7.55. The van der Waals surface area contributed by atoms with Crippen LogP contribution in [0.2, 0.25) is 0 Å². The minimum absolute atomic E-state index is 0.0573. The summed E-state index contributed by atoms with van der Waals surface area (Å²) < 4.78 is 24.0. The SMILES string of the molecule is COP(=O)(Nc1ccc2c(c1)ncn2-c1ccnc(NC(C)c2ccccc2)n1)OC. The number of imidazole rings is 1. The van der Waals surface area contributed by atoms with Crippen molar-refractivity contribution in [1.29, 1.82) is 0 Å². The fourth-order valence-corrected chi connectivity index (χ4v) is 3.95. The number of benzene rings is 2. The molecular weight excluding hydrogens is 415 g/mol. The Hall–Kier alpha value is -3.26. The monoisotopic (exact) mass is 438 g/mol. The van der Waals surface area contributed by atoms with E-state index in [1.807, 2.05) is 34.9 Å². The summed E-state index contributed by atoms with van der Waals surface area (Å²) in [5.41, 5.74) is 3.27. The number of hydrogen-bond donors (Lipinski definition) is 2. The largest absolute Gasteiger partial charge is 0.432 e. The van der Waals surface area contributed by atoms with Gasteiger partial charge in [-0.05, 0) is 36.8 Å². The van der Waals surface area contributed by atoms with Crippen LogP contribution in [0.25, 0.3) is 16.9 Å². The highest BCUT2D eigenvalue weighted by Gasteiger charge is 2.21. The maximum absolute atomic E-state index is 12.3. The molecule has 4 rings (SSSR count). The molecular formula is C21H23N6O3P. The van der Waals surface area contributed by atoms with Gasteiger partial charge in [0.05, 0.1) is 17.1 Å². The van der Waals surface area contributed by atoms with Crippen LogP contribution in [-0.2, 0) is 13.6 Å². The fraction of sp³-hybridized carbons (Fsp3) is 0.190. The second-order valence-corrected chi connectivity index (χ2v) is 8.76. The highest BCUT2D eigenvalue weighted by Crippen LogP contribution is 2.46. The Labute approximate surface area is 180 Å². The van der Waals surface area contributed by atoms with Crippen LogP contribution in [0, 0.1) is 0 Å². The summed E-state index contributed by atoms with van der Waals surface area (Å²) in [7, 11) is -0.745. The van der Waals surface area contributed by atoms with Gasteiger partial charge in [-0.15, -0.1) is 0 Å². The normalized spacial score (nSPS) is 12.6. The number of rotatable bonds is 8. The minimum atomic E-state index is -3.39. The summed E-state index contributed by atoms with van der Waals surface area (Å²) in [5.74, 6) is 1.20. The molecule has 1 atom stereocenters. The Bertz CT molecular complexity index is 1220. The Morgan fingerprint density at radius 2 is 1.81 bits per heavy atom. The smallest absolute Gasteiger partial charge is 0.348 e. The van der Waals surface area contributed by atoms with Gasteiger partial charge in [0, 0.05) is 26.1 Å². The third-order valence-corrected chi connectivity index (χ3v) is 6.32. The van der Waals surface area contributed by atoms with E-state index in [0.717, 1.165) is 11.1 Å². The molecule has 0 spiro atoms. The van der Waals surface area contributed by atoms with Gasteiger partial charge in [0.15, 0.2) is 0 Å². The lowest BCUT2D eigenvalue weighted by atomic mass is 10.1. The number of aromatic nitrogens is 4. The summed E-state index contributed by atoms with van der Waals surface area (Å²) in [5, 5.41) is 6.10. The fourth-order valence-electron chi connectivity index (χ4n) is 3.16. The molecule has 4 aromatic rings. The van der Waals surface area contributed by atoms with Gasteiger partial charge in [0.2, 0.25) is 5.95 Å². The van der Waals surface area contributed by atoms with E-state index in [-0.39, 0.29) is 6.04 Å². The highest BCUT2D eigenvalue weighted by atomic mass is 31.2. The van der Waals surface area contributed by atoms with Crippen LogP contribution < -0.4 is 10.4 Å². The molecule has 0 saturated carbocycles. The standard InChI is InChI=1S/C21H23N6O3P/c1-15(16-7-5-4-6-8-16)24-21-22-12-11-20(25-21)27-14-23-18-13-17(9-10-19(18)27)26-31(28,29-2)30-3/h4-15H,1-3H3,(H,26,28)(H,22,24,25). The van der Waals surface area contributed by atoms with Gasteiger partial charge in [0.1, 0.15) is 12.1 Å². The minimum Gasteiger partial charge on any atom is -0.348 e. The Balaban J connectivity index is 1.59. The van der Waals surface area contributed by atoms with Crippen LogP contribution in [0.5, 0.6) is 0 Å². The predicted molar refractivity (Wildman–Crippen MR) is 120 cm³/mol. The number of fused-ring (bicyclic) bond motifs is 1. The Morgan fingerprint density at radius 1 is 1.03 bits per heavy atom. The maximum Gasteiger partial charge on any atom is 0.432 e. The first kappa shape index (κ1) is 21.0. The van der Waals surface area contributed by atoms with E-state index in [0.29, 0.717) is 23.0 Å². The quantitative estimate of drug-likeness (QED) is 0.378. The second kappa shape index (κ2) is 8.85. The third kappa shape index (κ3) is 4.59. The molecule has 2 N–H and O–H groups in total. The molecule has 2 heterocycles. The van der Waals surface area contributed by atoms with Crippen molar-refractivity contribution in [3.63, 3.8) is 0 Å². The molecule has 160 valence electrons. The lowest BCUT2D eigenvalue weighted by Gasteiger charge is -2.15. The Kier molecular flexibility index (Phi) is 5.99. The average molecular weight is 438 g/mol. The van der Waals surface area contributed by atoms with Gasteiger partial charge < -0.3 is 5.32 Å². The summed E-state index contributed by atoms with van der Waals surface area (Å²) in [6.07, 6.45) is 3.39. The number of nitrogens with one attached hydrogen (secondary N) is 2. The van der Waals surface area contributed by atoms with E-state index >= 15 is 0 Å². The molecule has 2 aromatic carbocycles. The van der Waals surface area contributed by atoms with Crippen LogP contribution in [0.1, 0.15) is 18.5 Å². The van der Waals surface area contributed by atoms with E-state index in [9.17, 15) is 4.57 Å². The van der Waals surface area contributed by atoms with Crippen LogP contribution in [0.4, 0.5) is 11.6 Å². The Morgan fingerprint density at radius 3 is 2.55 bits per heavy atom. The van der Waals surface area contributed by atoms with Gasteiger partial charge in [-0.1, -0.05) is 30.3 Å². The zero-order valence-corrected chi connectivity index (χ0v) is 18.3. The zero-order valence-electron chi connectivity index (χ0n) is 17.4. The number of nitrogens with zero attached hydrogens (tertiary/aromatic N) is 4. The van der Waals surface area contributed by atoms with Crippen molar-refractivity contribution < 1.29 is 13.6 Å². The van der Waals surface area contributed by atoms with Crippen molar-refractivity contribution in [2.75, 3.05) is 24.6 Å². The third-order valence-electron chi connectivity index (χ3n) is 4.83. The van der Waals surface area contributed by atoms with Crippen LogP contribution in [0.3, 0.4) is 0 Å². The molecule has 0 bridgehead atoms. The molecule has 0 amide bonds. The molecule has 1 unspecified atom stereocenters. The number of anilines is 2. The van der Waals surface area contributed by atoms with Crippen LogP contribution >= 0.6 is 7.75 Å². The summed E-state index contributed by atoms with van der Waals surface area (Å²) >= 11 is 0. The predicted octanol–water partition coefficient (Wildman–Crippen LogP) is 4.80. The van der Waals surface area contributed by atoms with Gasteiger partial charge >= 0.3 is 7.75 Å².